The van der Waals surface area contributed by atoms with Gasteiger partial charge in [0.2, 0.25) is 0 Å². The summed E-state index contributed by atoms with van der Waals surface area (Å²) in [6, 6.07) is 0. The van der Waals surface area contributed by atoms with Crippen LogP contribution in [0.3, 0.4) is 0 Å². The van der Waals surface area contributed by atoms with Gasteiger partial charge in [-0.15, -0.1) is 0 Å². The Morgan fingerprint density at radius 3 is 1.16 bits per heavy atom. The molecule has 0 spiro atoms. The van der Waals surface area contributed by atoms with Crippen LogP contribution >= 0.6 is 0 Å². The van der Waals surface area contributed by atoms with E-state index in [4.69, 9.17) is 0 Å². The Hall–Kier alpha value is 0. The SMILES string of the molecule is CCCCCCCCCCC(C)CCCCCCC. The molecule has 0 bridgehead atoms. The summed E-state index contributed by atoms with van der Waals surface area (Å²) < 4.78 is 0. The lowest BCUT2D eigenvalue weighted by atomic mass is 9.96. The van der Waals surface area contributed by atoms with Gasteiger partial charge >= 0.3 is 0 Å². The maximum absolute atomic E-state index is 2.46. The molecule has 1 atom stereocenters. The van der Waals surface area contributed by atoms with Crippen molar-refractivity contribution in [3.63, 3.8) is 0 Å². The highest BCUT2D eigenvalue weighted by atomic mass is 14.1. The van der Waals surface area contributed by atoms with Crippen molar-refractivity contribution in [2.45, 2.75) is 117 Å². The predicted molar refractivity (Wildman–Crippen MR) is 89.8 cm³/mol. The van der Waals surface area contributed by atoms with Gasteiger partial charge in [-0.2, -0.15) is 0 Å². The molecule has 0 aliphatic carbocycles. The van der Waals surface area contributed by atoms with Crippen LogP contribution in [0.1, 0.15) is 117 Å². The second-order valence-electron chi connectivity index (χ2n) is 6.57. The maximum Gasteiger partial charge on any atom is -0.0443 e. The van der Waals surface area contributed by atoms with E-state index in [1.165, 1.54) is 96.3 Å². The van der Waals surface area contributed by atoms with Crippen LogP contribution in [0.5, 0.6) is 0 Å². The fourth-order valence-electron chi connectivity index (χ4n) is 2.87. The van der Waals surface area contributed by atoms with Gasteiger partial charge in [-0.25, -0.2) is 0 Å². The zero-order chi connectivity index (χ0) is 14.2. The summed E-state index contributed by atoms with van der Waals surface area (Å²) in [5.74, 6) is 0.974. The van der Waals surface area contributed by atoms with Gasteiger partial charge < -0.3 is 0 Å². The molecule has 0 nitrogen and oxygen atoms in total. The Balaban J connectivity index is 3.09. The van der Waals surface area contributed by atoms with Gasteiger partial charge in [0.05, 0.1) is 0 Å². The summed E-state index contributed by atoms with van der Waals surface area (Å²) in [5, 5.41) is 0. The van der Waals surface area contributed by atoms with Gasteiger partial charge in [-0.05, 0) is 5.92 Å². The highest BCUT2D eigenvalue weighted by Crippen LogP contribution is 2.18. The normalized spacial score (nSPS) is 12.8. The zero-order valence-electron chi connectivity index (χ0n) is 14.2. The van der Waals surface area contributed by atoms with Crippen molar-refractivity contribution in [3.05, 3.63) is 0 Å². The number of hydrogen-bond acceptors (Lipinski definition) is 0. The quantitative estimate of drug-likeness (QED) is 0.269. The third-order valence-corrected chi connectivity index (χ3v) is 4.35. The summed E-state index contributed by atoms with van der Waals surface area (Å²) >= 11 is 0. The standard InChI is InChI=1S/C19H40/c1-4-6-8-10-11-12-14-16-18-19(3)17-15-13-9-7-5-2/h19H,4-18H2,1-3H3. The van der Waals surface area contributed by atoms with Gasteiger partial charge in [-0.3, -0.25) is 0 Å². The second-order valence-corrected chi connectivity index (χ2v) is 6.57. The van der Waals surface area contributed by atoms with E-state index in [2.05, 4.69) is 20.8 Å². The van der Waals surface area contributed by atoms with Crippen LogP contribution in [0, 0.1) is 5.92 Å². The van der Waals surface area contributed by atoms with Gasteiger partial charge in [0.1, 0.15) is 0 Å². The zero-order valence-corrected chi connectivity index (χ0v) is 14.2. The minimum atomic E-state index is 0.974. The molecule has 0 aromatic heterocycles. The highest BCUT2D eigenvalue weighted by molar-refractivity contribution is 4.55. The molecule has 1 unspecified atom stereocenters. The molecule has 0 N–H and O–H groups in total. The molecule has 116 valence electrons. The van der Waals surface area contributed by atoms with Gasteiger partial charge in [0, 0.05) is 0 Å². The molecule has 0 aliphatic heterocycles. The van der Waals surface area contributed by atoms with E-state index in [0.717, 1.165) is 5.92 Å². The molecule has 0 saturated carbocycles. The number of unbranched alkanes of at least 4 members (excludes halogenated alkanes) is 11. The second kappa shape index (κ2) is 16.1. The Morgan fingerprint density at radius 2 is 0.789 bits per heavy atom. The topological polar surface area (TPSA) is 0 Å². The number of hydrogen-bond donors (Lipinski definition) is 0. The molecule has 0 aromatic rings. The molecule has 0 fully saturated rings. The van der Waals surface area contributed by atoms with Crippen LogP contribution in [0.15, 0.2) is 0 Å². The summed E-state index contributed by atoms with van der Waals surface area (Å²) in [6.07, 6.45) is 21.8. The van der Waals surface area contributed by atoms with E-state index in [1.807, 2.05) is 0 Å². The van der Waals surface area contributed by atoms with Crippen LogP contribution in [0.4, 0.5) is 0 Å². The lowest BCUT2D eigenvalue weighted by molar-refractivity contribution is 0.432. The molecule has 0 aliphatic rings. The van der Waals surface area contributed by atoms with Crippen LogP contribution in [-0.2, 0) is 0 Å². The van der Waals surface area contributed by atoms with Crippen LogP contribution in [0.2, 0.25) is 0 Å². The first-order valence-corrected chi connectivity index (χ1v) is 9.31. The van der Waals surface area contributed by atoms with Gasteiger partial charge in [0.25, 0.3) is 0 Å². The van der Waals surface area contributed by atoms with Gasteiger partial charge in [0.15, 0.2) is 0 Å². The minimum absolute atomic E-state index is 0.974. The smallest absolute Gasteiger partial charge is 0.0443 e. The van der Waals surface area contributed by atoms with Crippen LogP contribution in [0.25, 0.3) is 0 Å². The fourth-order valence-corrected chi connectivity index (χ4v) is 2.87. The molecule has 0 rings (SSSR count). The van der Waals surface area contributed by atoms with E-state index in [9.17, 15) is 0 Å². The molecule has 0 heteroatoms. The monoisotopic (exact) mass is 268 g/mol. The van der Waals surface area contributed by atoms with Gasteiger partial charge in [-0.1, -0.05) is 117 Å². The molecule has 0 aromatic carbocycles. The van der Waals surface area contributed by atoms with Crippen LogP contribution in [-0.4, -0.2) is 0 Å². The Morgan fingerprint density at radius 1 is 0.474 bits per heavy atom. The summed E-state index contributed by atoms with van der Waals surface area (Å²) in [4.78, 5) is 0. The van der Waals surface area contributed by atoms with Crippen LogP contribution < -0.4 is 0 Å². The average Bonchev–Trinajstić information content (AvgIpc) is 2.41. The largest absolute Gasteiger partial charge is 0.0654 e. The molecular formula is C19H40. The first-order valence-electron chi connectivity index (χ1n) is 9.31. The van der Waals surface area contributed by atoms with Crippen molar-refractivity contribution in [3.8, 4) is 0 Å². The van der Waals surface area contributed by atoms with E-state index >= 15 is 0 Å². The highest BCUT2D eigenvalue weighted by Gasteiger charge is 2.01. The van der Waals surface area contributed by atoms with Crippen molar-refractivity contribution in [2.75, 3.05) is 0 Å². The third kappa shape index (κ3) is 15.9. The fraction of sp³-hybridized carbons (Fsp3) is 1.00. The minimum Gasteiger partial charge on any atom is -0.0654 e. The van der Waals surface area contributed by atoms with Crippen molar-refractivity contribution >= 4 is 0 Å². The lowest BCUT2D eigenvalue weighted by Crippen LogP contribution is -1.95. The van der Waals surface area contributed by atoms with Crippen molar-refractivity contribution in [1.29, 1.82) is 0 Å². The number of rotatable bonds is 15. The maximum atomic E-state index is 2.46. The Kier molecular flexibility index (Phi) is 16.1. The molecular weight excluding hydrogens is 228 g/mol. The first kappa shape index (κ1) is 19.0. The van der Waals surface area contributed by atoms with Crippen molar-refractivity contribution < 1.29 is 0 Å². The molecule has 0 saturated heterocycles. The summed E-state index contributed by atoms with van der Waals surface area (Å²) in [7, 11) is 0. The summed E-state index contributed by atoms with van der Waals surface area (Å²) in [5.41, 5.74) is 0. The van der Waals surface area contributed by atoms with Crippen molar-refractivity contribution in [1.82, 2.24) is 0 Å². The predicted octanol–water partition coefficient (Wildman–Crippen LogP) is 7.51. The van der Waals surface area contributed by atoms with E-state index in [-0.39, 0.29) is 0 Å². The molecule has 0 heterocycles. The lowest BCUT2D eigenvalue weighted by Gasteiger charge is -2.10. The third-order valence-electron chi connectivity index (χ3n) is 4.35. The van der Waals surface area contributed by atoms with E-state index < -0.39 is 0 Å². The first-order chi connectivity index (χ1) is 9.31. The van der Waals surface area contributed by atoms with Crippen molar-refractivity contribution in [2.24, 2.45) is 5.92 Å². The van der Waals surface area contributed by atoms with E-state index in [0.29, 0.717) is 0 Å². The Bertz CT molecular complexity index is 150. The average molecular weight is 269 g/mol. The van der Waals surface area contributed by atoms with E-state index in [1.54, 1.807) is 0 Å². The molecule has 0 amide bonds. The summed E-state index contributed by atoms with van der Waals surface area (Å²) in [6.45, 7) is 7.05. The molecule has 19 heavy (non-hydrogen) atoms. The molecule has 0 radical (unpaired) electrons. The Labute approximate surface area is 123 Å².